The molecule has 1 aromatic heterocycles. The second kappa shape index (κ2) is 10.5. The van der Waals surface area contributed by atoms with Crippen molar-refractivity contribution in [3.8, 4) is 5.75 Å². The quantitative estimate of drug-likeness (QED) is 0.512. The largest absolute Gasteiger partial charge is 0.497 e. The summed E-state index contributed by atoms with van der Waals surface area (Å²) < 4.78 is 15.7. The van der Waals surface area contributed by atoms with Crippen LogP contribution in [0.15, 0.2) is 53.1 Å². The number of methoxy groups -OCH3 is 1. The minimum atomic E-state index is -0.543. The molecule has 0 radical (unpaired) electrons. The van der Waals surface area contributed by atoms with Crippen molar-refractivity contribution in [2.24, 2.45) is 0 Å². The van der Waals surface area contributed by atoms with E-state index in [0.717, 1.165) is 5.39 Å². The van der Waals surface area contributed by atoms with Crippen molar-refractivity contribution in [3.63, 3.8) is 0 Å². The highest BCUT2D eigenvalue weighted by molar-refractivity contribution is 5.96. The van der Waals surface area contributed by atoms with E-state index in [9.17, 15) is 14.4 Å². The first-order chi connectivity index (χ1) is 15.4. The fourth-order valence-electron chi connectivity index (χ4n) is 3.27. The Balaban J connectivity index is 1.50. The molecule has 0 atom stereocenters. The Kier molecular flexibility index (Phi) is 7.49. The molecule has 8 heteroatoms. The van der Waals surface area contributed by atoms with Crippen molar-refractivity contribution in [1.29, 1.82) is 0 Å². The number of carbonyl (C=O) groups is 3. The van der Waals surface area contributed by atoms with Crippen LogP contribution in [0, 0.1) is 0 Å². The molecule has 0 aliphatic heterocycles. The van der Waals surface area contributed by atoms with E-state index >= 15 is 0 Å². The predicted molar refractivity (Wildman–Crippen MR) is 120 cm³/mol. The van der Waals surface area contributed by atoms with Gasteiger partial charge in [-0.2, -0.15) is 0 Å². The Morgan fingerprint density at radius 1 is 1.03 bits per heavy atom. The van der Waals surface area contributed by atoms with Crippen LogP contribution in [0.3, 0.4) is 0 Å². The number of nitrogens with one attached hydrogen (secondary N) is 1. The Morgan fingerprint density at radius 2 is 1.75 bits per heavy atom. The third kappa shape index (κ3) is 5.46. The Bertz CT molecular complexity index is 1100. The van der Waals surface area contributed by atoms with Gasteiger partial charge in [0.2, 0.25) is 0 Å². The molecule has 0 aliphatic carbocycles. The van der Waals surface area contributed by atoms with E-state index in [0.29, 0.717) is 41.2 Å². The molecule has 168 valence electrons. The van der Waals surface area contributed by atoms with Crippen LogP contribution < -0.4 is 10.1 Å². The second-order valence-electron chi connectivity index (χ2n) is 7.06. The molecule has 0 unspecified atom stereocenters. The minimum Gasteiger partial charge on any atom is -0.497 e. The van der Waals surface area contributed by atoms with E-state index in [1.54, 1.807) is 48.4 Å². The summed E-state index contributed by atoms with van der Waals surface area (Å²) in [6.07, 6.45) is 1.47. The van der Waals surface area contributed by atoms with E-state index < -0.39 is 18.5 Å². The standard InChI is InChI=1S/C24H26N2O6/c1-4-26(5-2)24(29)16-6-8-18(9-7-16)25-22(27)15-32-23(28)12-17-14-31-21-13-19(30-3)10-11-20(17)21/h6-11,13-14H,4-5,12,15H2,1-3H3,(H,25,27). The average molecular weight is 438 g/mol. The zero-order valence-electron chi connectivity index (χ0n) is 18.3. The maximum atomic E-state index is 12.3. The van der Waals surface area contributed by atoms with Crippen LogP contribution in [0.5, 0.6) is 5.75 Å². The first kappa shape index (κ1) is 22.9. The van der Waals surface area contributed by atoms with Crippen LogP contribution in [0.4, 0.5) is 5.69 Å². The van der Waals surface area contributed by atoms with Crippen LogP contribution >= 0.6 is 0 Å². The normalized spacial score (nSPS) is 10.6. The van der Waals surface area contributed by atoms with E-state index in [2.05, 4.69) is 5.32 Å². The van der Waals surface area contributed by atoms with Gasteiger partial charge in [-0.25, -0.2) is 0 Å². The Labute approximate surface area is 186 Å². The average Bonchev–Trinajstić information content (AvgIpc) is 3.20. The first-order valence-corrected chi connectivity index (χ1v) is 10.3. The summed E-state index contributed by atoms with van der Waals surface area (Å²) in [5, 5.41) is 3.43. The zero-order valence-corrected chi connectivity index (χ0v) is 18.3. The minimum absolute atomic E-state index is 0.0191. The van der Waals surface area contributed by atoms with Gasteiger partial charge in [0, 0.05) is 41.4 Å². The number of esters is 1. The molecule has 0 aliphatic rings. The summed E-state index contributed by atoms with van der Waals surface area (Å²) in [5.41, 5.74) is 2.33. The fourth-order valence-corrected chi connectivity index (χ4v) is 3.27. The number of fused-ring (bicyclic) bond motifs is 1. The fraction of sp³-hybridized carbons (Fsp3) is 0.292. The number of furan rings is 1. The Hall–Kier alpha value is -3.81. The first-order valence-electron chi connectivity index (χ1n) is 10.3. The molecule has 3 aromatic rings. The maximum absolute atomic E-state index is 12.3. The predicted octanol–water partition coefficient (Wildman–Crippen LogP) is 3.65. The number of carbonyl (C=O) groups excluding carboxylic acids is 3. The highest BCUT2D eigenvalue weighted by Gasteiger charge is 2.15. The number of benzene rings is 2. The third-order valence-electron chi connectivity index (χ3n) is 5.03. The summed E-state index contributed by atoms with van der Waals surface area (Å²) in [6.45, 7) is 4.68. The highest BCUT2D eigenvalue weighted by Crippen LogP contribution is 2.26. The lowest BCUT2D eigenvalue weighted by molar-refractivity contribution is -0.146. The highest BCUT2D eigenvalue weighted by atomic mass is 16.5. The van der Waals surface area contributed by atoms with Gasteiger partial charge in [0.15, 0.2) is 6.61 Å². The molecule has 0 bridgehead atoms. The van der Waals surface area contributed by atoms with Gasteiger partial charge in [0.25, 0.3) is 11.8 Å². The van der Waals surface area contributed by atoms with Crippen LogP contribution in [0.25, 0.3) is 11.0 Å². The molecule has 1 heterocycles. The monoisotopic (exact) mass is 438 g/mol. The molecule has 3 rings (SSSR count). The van der Waals surface area contributed by atoms with E-state index in [4.69, 9.17) is 13.9 Å². The number of hydrogen-bond donors (Lipinski definition) is 1. The topological polar surface area (TPSA) is 98.1 Å². The lowest BCUT2D eigenvalue weighted by atomic mass is 10.1. The summed E-state index contributed by atoms with van der Waals surface area (Å²) >= 11 is 0. The van der Waals surface area contributed by atoms with E-state index in [-0.39, 0.29) is 12.3 Å². The molecular weight excluding hydrogens is 412 g/mol. The van der Waals surface area contributed by atoms with Crippen LogP contribution in [0.2, 0.25) is 0 Å². The summed E-state index contributed by atoms with van der Waals surface area (Å²) in [5.74, 6) is -0.420. The van der Waals surface area contributed by atoms with Gasteiger partial charge < -0.3 is 24.1 Å². The van der Waals surface area contributed by atoms with Crippen molar-refractivity contribution in [2.75, 3.05) is 32.1 Å². The van der Waals surface area contributed by atoms with Crippen LogP contribution in [0.1, 0.15) is 29.8 Å². The number of amides is 2. The SMILES string of the molecule is CCN(CC)C(=O)c1ccc(NC(=O)COC(=O)Cc2coc3cc(OC)ccc23)cc1. The molecule has 1 N–H and O–H groups in total. The van der Waals surface area contributed by atoms with Crippen molar-refractivity contribution < 1.29 is 28.3 Å². The van der Waals surface area contributed by atoms with Crippen molar-refractivity contribution in [1.82, 2.24) is 4.90 Å². The van der Waals surface area contributed by atoms with Gasteiger partial charge >= 0.3 is 5.97 Å². The van der Waals surface area contributed by atoms with E-state index in [1.807, 2.05) is 19.9 Å². The second-order valence-corrected chi connectivity index (χ2v) is 7.06. The molecule has 32 heavy (non-hydrogen) atoms. The van der Waals surface area contributed by atoms with Gasteiger partial charge in [-0.05, 0) is 50.2 Å². The van der Waals surface area contributed by atoms with Crippen LogP contribution in [-0.4, -0.2) is 49.5 Å². The van der Waals surface area contributed by atoms with Gasteiger partial charge in [0.1, 0.15) is 11.3 Å². The maximum Gasteiger partial charge on any atom is 0.310 e. The molecule has 8 nitrogen and oxygen atoms in total. The smallest absolute Gasteiger partial charge is 0.310 e. The lowest BCUT2D eigenvalue weighted by Gasteiger charge is -2.18. The summed E-state index contributed by atoms with van der Waals surface area (Å²) in [6, 6.07) is 11.9. The number of nitrogens with zero attached hydrogens (tertiary/aromatic N) is 1. The number of anilines is 1. The van der Waals surface area contributed by atoms with Gasteiger partial charge in [0.05, 0.1) is 19.8 Å². The molecular formula is C24H26N2O6. The number of ether oxygens (including phenoxy) is 2. The number of hydrogen-bond acceptors (Lipinski definition) is 6. The molecule has 0 spiro atoms. The summed E-state index contributed by atoms with van der Waals surface area (Å²) in [7, 11) is 1.56. The van der Waals surface area contributed by atoms with Crippen molar-refractivity contribution >= 4 is 34.4 Å². The van der Waals surface area contributed by atoms with E-state index in [1.165, 1.54) is 6.26 Å². The third-order valence-corrected chi connectivity index (χ3v) is 5.03. The summed E-state index contributed by atoms with van der Waals surface area (Å²) in [4.78, 5) is 38.3. The molecule has 0 saturated heterocycles. The molecule has 0 saturated carbocycles. The zero-order chi connectivity index (χ0) is 23.1. The lowest BCUT2D eigenvalue weighted by Crippen LogP contribution is -2.30. The molecule has 0 fully saturated rings. The van der Waals surface area contributed by atoms with Crippen molar-refractivity contribution in [2.45, 2.75) is 20.3 Å². The van der Waals surface area contributed by atoms with Crippen molar-refractivity contribution in [3.05, 3.63) is 59.9 Å². The van der Waals surface area contributed by atoms with Crippen LogP contribution in [-0.2, 0) is 20.7 Å². The van der Waals surface area contributed by atoms with Gasteiger partial charge in [-0.3, -0.25) is 14.4 Å². The Morgan fingerprint density at radius 3 is 2.41 bits per heavy atom. The number of rotatable bonds is 9. The van der Waals surface area contributed by atoms with Gasteiger partial charge in [-0.1, -0.05) is 0 Å². The molecule has 2 amide bonds. The molecule has 2 aromatic carbocycles. The van der Waals surface area contributed by atoms with Gasteiger partial charge in [-0.15, -0.1) is 0 Å².